The third-order valence-electron chi connectivity index (χ3n) is 4.15. The molecule has 2 aromatic heterocycles. The van der Waals surface area contributed by atoms with Crippen molar-refractivity contribution in [3.8, 4) is 0 Å². The minimum atomic E-state index is 0.705. The standard InChI is InChI=1S/C19H22ClN5/c1-21-19(25(2)13-15-6-3-4-8-17(15)20)23-11-9-14-12-24-18-16(14)7-5-10-22-18/h3-8,10,12H,9,11,13H2,1-2H3,(H,21,23)(H,22,24). The fourth-order valence-electron chi connectivity index (χ4n) is 2.87. The smallest absolute Gasteiger partial charge is 0.193 e. The first kappa shape index (κ1) is 17.3. The molecule has 25 heavy (non-hydrogen) atoms. The molecule has 0 saturated carbocycles. The normalized spacial score (nSPS) is 11.7. The first-order valence-electron chi connectivity index (χ1n) is 8.25. The van der Waals surface area contributed by atoms with Gasteiger partial charge in [0.15, 0.2) is 5.96 Å². The molecule has 0 aliphatic rings. The highest BCUT2D eigenvalue weighted by atomic mass is 35.5. The van der Waals surface area contributed by atoms with Crippen LogP contribution in [0.25, 0.3) is 11.0 Å². The van der Waals surface area contributed by atoms with Gasteiger partial charge in [-0.05, 0) is 35.7 Å². The molecule has 130 valence electrons. The van der Waals surface area contributed by atoms with Gasteiger partial charge in [0, 0.05) is 50.0 Å². The van der Waals surface area contributed by atoms with Crippen molar-refractivity contribution in [2.75, 3.05) is 20.6 Å². The molecule has 0 aliphatic heterocycles. The number of rotatable bonds is 5. The zero-order valence-corrected chi connectivity index (χ0v) is 15.2. The molecule has 2 heterocycles. The number of hydrogen-bond donors (Lipinski definition) is 2. The van der Waals surface area contributed by atoms with Crippen molar-refractivity contribution < 1.29 is 0 Å². The number of hydrogen-bond acceptors (Lipinski definition) is 2. The Morgan fingerprint density at radius 2 is 2.08 bits per heavy atom. The fraction of sp³-hybridized carbons (Fsp3) is 0.263. The number of guanidine groups is 1. The monoisotopic (exact) mass is 355 g/mol. The maximum atomic E-state index is 6.25. The Morgan fingerprint density at radius 1 is 1.24 bits per heavy atom. The molecule has 0 aliphatic carbocycles. The number of aromatic amines is 1. The van der Waals surface area contributed by atoms with Crippen LogP contribution in [-0.2, 0) is 13.0 Å². The van der Waals surface area contributed by atoms with Crippen LogP contribution in [0.5, 0.6) is 0 Å². The highest BCUT2D eigenvalue weighted by Crippen LogP contribution is 2.17. The molecule has 0 saturated heterocycles. The number of nitrogens with one attached hydrogen (secondary N) is 2. The lowest BCUT2D eigenvalue weighted by molar-refractivity contribution is 0.477. The second-order valence-electron chi connectivity index (χ2n) is 5.88. The van der Waals surface area contributed by atoms with Gasteiger partial charge in [0.05, 0.1) is 0 Å². The van der Waals surface area contributed by atoms with Crippen LogP contribution in [0.4, 0.5) is 0 Å². The van der Waals surface area contributed by atoms with Crippen LogP contribution in [0.3, 0.4) is 0 Å². The van der Waals surface area contributed by atoms with E-state index in [1.807, 2.05) is 43.6 Å². The fourth-order valence-corrected chi connectivity index (χ4v) is 3.07. The second kappa shape index (κ2) is 8.03. The molecule has 0 amide bonds. The first-order chi connectivity index (χ1) is 12.2. The van der Waals surface area contributed by atoms with Crippen LogP contribution < -0.4 is 5.32 Å². The number of aliphatic imine (C=N–C) groups is 1. The van der Waals surface area contributed by atoms with Crippen molar-refractivity contribution in [2.24, 2.45) is 4.99 Å². The van der Waals surface area contributed by atoms with E-state index in [0.29, 0.717) is 6.54 Å². The average molecular weight is 356 g/mol. The lowest BCUT2D eigenvalue weighted by Gasteiger charge is -2.22. The molecule has 0 bridgehead atoms. The molecule has 0 fully saturated rings. The van der Waals surface area contributed by atoms with Gasteiger partial charge in [-0.3, -0.25) is 4.99 Å². The summed E-state index contributed by atoms with van der Waals surface area (Å²) >= 11 is 6.25. The summed E-state index contributed by atoms with van der Waals surface area (Å²) in [5, 5.41) is 5.35. The third-order valence-corrected chi connectivity index (χ3v) is 4.52. The molecule has 0 spiro atoms. The molecule has 5 nitrogen and oxygen atoms in total. The lowest BCUT2D eigenvalue weighted by atomic mass is 10.1. The molecular formula is C19H22ClN5. The summed E-state index contributed by atoms with van der Waals surface area (Å²) in [6, 6.07) is 11.9. The minimum absolute atomic E-state index is 0.705. The molecule has 3 rings (SSSR count). The summed E-state index contributed by atoms with van der Waals surface area (Å²) in [5.74, 6) is 0.845. The highest BCUT2D eigenvalue weighted by molar-refractivity contribution is 6.31. The summed E-state index contributed by atoms with van der Waals surface area (Å²) in [6.07, 6.45) is 4.71. The van der Waals surface area contributed by atoms with Gasteiger partial charge in [-0.25, -0.2) is 4.98 Å². The topological polar surface area (TPSA) is 56.3 Å². The number of benzene rings is 1. The zero-order chi connectivity index (χ0) is 17.6. The van der Waals surface area contributed by atoms with Gasteiger partial charge in [-0.15, -0.1) is 0 Å². The van der Waals surface area contributed by atoms with Gasteiger partial charge in [-0.2, -0.15) is 0 Å². The quantitative estimate of drug-likeness (QED) is 0.544. The molecule has 1 aromatic carbocycles. The lowest BCUT2D eigenvalue weighted by Crippen LogP contribution is -2.39. The number of fused-ring (bicyclic) bond motifs is 1. The Labute approximate surface area is 152 Å². The summed E-state index contributed by atoms with van der Waals surface area (Å²) in [6.45, 7) is 1.50. The molecule has 3 aromatic rings. The predicted molar refractivity (Wildman–Crippen MR) is 104 cm³/mol. The van der Waals surface area contributed by atoms with Crippen LogP contribution in [-0.4, -0.2) is 41.5 Å². The Kier molecular flexibility index (Phi) is 5.56. The Morgan fingerprint density at radius 3 is 2.88 bits per heavy atom. The van der Waals surface area contributed by atoms with Crippen molar-refractivity contribution in [2.45, 2.75) is 13.0 Å². The minimum Gasteiger partial charge on any atom is -0.356 e. The van der Waals surface area contributed by atoms with Crippen LogP contribution >= 0.6 is 11.6 Å². The van der Waals surface area contributed by atoms with E-state index in [1.54, 1.807) is 13.2 Å². The van der Waals surface area contributed by atoms with Crippen LogP contribution in [0.15, 0.2) is 53.8 Å². The Hall–Kier alpha value is -2.53. The molecule has 0 atom stereocenters. The zero-order valence-electron chi connectivity index (χ0n) is 14.5. The van der Waals surface area contributed by atoms with E-state index < -0.39 is 0 Å². The maximum Gasteiger partial charge on any atom is 0.193 e. The number of nitrogens with zero attached hydrogens (tertiary/aromatic N) is 3. The number of aromatic nitrogens is 2. The van der Waals surface area contributed by atoms with Crippen LogP contribution in [0.2, 0.25) is 5.02 Å². The highest BCUT2D eigenvalue weighted by Gasteiger charge is 2.09. The van der Waals surface area contributed by atoms with E-state index in [-0.39, 0.29) is 0 Å². The van der Waals surface area contributed by atoms with Gasteiger partial charge in [0.2, 0.25) is 0 Å². The van der Waals surface area contributed by atoms with E-state index in [2.05, 4.69) is 31.2 Å². The largest absolute Gasteiger partial charge is 0.356 e. The first-order valence-corrected chi connectivity index (χ1v) is 8.63. The summed E-state index contributed by atoms with van der Waals surface area (Å²) in [4.78, 5) is 14.0. The van der Waals surface area contributed by atoms with Gasteiger partial charge >= 0.3 is 0 Å². The van der Waals surface area contributed by atoms with Gasteiger partial charge in [-0.1, -0.05) is 29.8 Å². The number of halogens is 1. The number of H-pyrrole nitrogens is 1. The molecular weight excluding hydrogens is 334 g/mol. The van der Waals surface area contributed by atoms with E-state index >= 15 is 0 Å². The van der Waals surface area contributed by atoms with Crippen molar-refractivity contribution in [3.05, 3.63) is 64.9 Å². The maximum absolute atomic E-state index is 6.25. The van der Waals surface area contributed by atoms with E-state index in [0.717, 1.165) is 35.2 Å². The second-order valence-corrected chi connectivity index (χ2v) is 6.29. The molecule has 6 heteroatoms. The van der Waals surface area contributed by atoms with Gasteiger partial charge in [0.1, 0.15) is 5.65 Å². The summed E-state index contributed by atoms with van der Waals surface area (Å²) < 4.78 is 0. The van der Waals surface area contributed by atoms with E-state index in [4.69, 9.17) is 11.6 Å². The third kappa shape index (κ3) is 4.12. The SMILES string of the molecule is CN=C(NCCc1c[nH]c2ncccc12)N(C)Cc1ccccc1Cl. The molecule has 2 N–H and O–H groups in total. The van der Waals surface area contributed by atoms with Gasteiger partial charge < -0.3 is 15.2 Å². The number of pyridine rings is 1. The summed E-state index contributed by atoms with van der Waals surface area (Å²) in [5.41, 5.74) is 3.26. The molecule has 0 radical (unpaired) electrons. The Balaban J connectivity index is 1.58. The summed E-state index contributed by atoms with van der Waals surface area (Å²) in [7, 11) is 3.80. The van der Waals surface area contributed by atoms with Crippen molar-refractivity contribution in [1.82, 2.24) is 20.2 Å². The predicted octanol–water partition coefficient (Wildman–Crippen LogP) is 3.47. The average Bonchev–Trinajstić information content (AvgIpc) is 3.04. The Bertz CT molecular complexity index is 871. The van der Waals surface area contributed by atoms with Crippen molar-refractivity contribution in [1.29, 1.82) is 0 Å². The molecule has 0 unspecified atom stereocenters. The van der Waals surface area contributed by atoms with Crippen molar-refractivity contribution in [3.63, 3.8) is 0 Å². The van der Waals surface area contributed by atoms with Crippen LogP contribution in [0, 0.1) is 0 Å². The van der Waals surface area contributed by atoms with Gasteiger partial charge in [0.25, 0.3) is 0 Å². The van der Waals surface area contributed by atoms with Crippen molar-refractivity contribution >= 4 is 28.6 Å². The van der Waals surface area contributed by atoms with Crippen LogP contribution in [0.1, 0.15) is 11.1 Å². The van der Waals surface area contributed by atoms with E-state index in [9.17, 15) is 0 Å². The van der Waals surface area contributed by atoms with E-state index in [1.165, 1.54) is 10.9 Å².